The quantitative estimate of drug-likeness (QED) is 0.288. The minimum atomic E-state index is -0.324. The molecule has 0 bridgehead atoms. The molecular formula is C18H22F2IN3O. The molecule has 0 amide bonds. The fourth-order valence-electron chi connectivity index (χ4n) is 2.13. The molecule has 0 saturated carbocycles. The Morgan fingerprint density at radius 2 is 1.68 bits per heavy atom. The number of hydrogen-bond acceptors (Lipinski definition) is 2. The van der Waals surface area contributed by atoms with Gasteiger partial charge in [-0.2, -0.15) is 0 Å². The van der Waals surface area contributed by atoms with Crippen molar-refractivity contribution in [1.29, 1.82) is 0 Å². The molecule has 7 heteroatoms. The molecule has 0 unspecified atom stereocenters. The van der Waals surface area contributed by atoms with Crippen LogP contribution in [0.4, 0.5) is 8.78 Å². The summed E-state index contributed by atoms with van der Waals surface area (Å²) < 4.78 is 31.6. The summed E-state index contributed by atoms with van der Waals surface area (Å²) >= 11 is 0. The molecule has 0 fully saturated rings. The third-order valence-corrected chi connectivity index (χ3v) is 3.28. The van der Waals surface area contributed by atoms with E-state index in [1.54, 1.807) is 25.2 Å². The molecule has 25 heavy (non-hydrogen) atoms. The van der Waals surface area contributed by atoms with Crippen LogP contribution in [0.5, 0.6) is 5.75 Å². The molecule has 0 aliphatic rings. The van der Waals surface area contributed by atoms with Gasteiger partial charge in [0.05, 0.1) is 6.54 Å². The van der Waals surface area contributed by atoms with Crippen molar-refractivity contribution < 1.29 is 13.5 Å². The van der Waals surface area contributed by atoms with Crippen LogP contribution < -0.4 is 15.4 Å². The topological polar surface area (TPSA) is 45.7 Å². The number of rotatable bonds is 7. The molecule has 136 valence electrons. The number of hydrogen-bond donors (Lipinski definition) is 2. The van der Waals surface area contributed by atoms with E-state index >= 15 is 0 Å². The van der Waals surface area contributed by atoms with Crippen molar-refractivity contribution in [1.82, 2.24) is 10.6 Å². The maximum absolute atomic E-state index is 13.1. The monoisotopic (exact) mass is 461 g/mol. The zero-order valence-electron chi connectivity index (χ0n) is 14.0. The average molecular weight is 461 g/mol. The third kappa shape index (κ3) is 8.15. The van der Waals surface area contributed by atoms with Crippen molar-refractivity contribution in [3.63, 3.8) is 0 Å². The summed E-state index contributed by atoms with van der Waals surface area (Å²) in [5.74, 6) is 0.569. The van der Waals surface area contributed by atoms with Gasteiger partial charge >= 0.3 is 0 Å². The van der Waals surface area contributed by atoms with E-state index in [0.717, 1.165) is 5.56 Å². The van der Waals surface area contributed by atoms with Crippen LogP contribution in [0, 0.1) is 11.6 Å². The van der Waals surface area contributed by atoms with Gasteiger partial charge in [0, 0.05) is 19.7 Å². The molecule has 0 spiro atoms. The molecule has 0 atom stereocenters. The van der Waals surface area contributed by atoms with E-state index in [1.165, 1.54) is 24.3 Å². The van der Waals surface area contributed by atoms with Gasteiger partial charge in [-0.05, 0) is 36.2 Å². The number of guanidine groups is 1. The van der Waals surface area contributed by atoms with Gasteiger partial charge in [0.1, 0.15) is 24.0 Å². The van der Waals surface area contributed by atoms with Crippen LogP contribution in [0.3, 0.4) is 0 Å². The molecule has 4 nitrogen and oxygen atoms in total. The van der Waals surface area contributed by atoms with Crippen LogP contribution in [0.1, 0.15) is 5.56 Å². The second kappa shape index (κ2) is 11.6. The number of nitrogens with zero attached hydrogens (tertiary/aromatic N) is 1. The second-order valence-corrected chi connectivity index (χ2v) is 5.11. The normalized spacial score (nSPS) is 10.8. The third-order valence-electron chi connectivity index (χ3n) is 3.28. The highest BCUT2D eigenvalue weighted by Crippen LogP contribution is 2.11. The van der Waals surface area contributed by atoms with Crippen LogP contribution >= 0.6 is 24.0 Å². The van der Waals surface area contributed by atoms with Crippen molar-refractivity contribution in [2.75, 3.05) is 26.7 Å². The van der Waals surface area contributed by atoms with Crippen molar-refractivity contribution in [2.45, 2.75) is 6.42 Å². The molecule has 0 radical (unpaired) electrons. The van der Waals surface area contributed by atoms with Crippen molar-refractivity contribution in [3.05, 3.63) is 65.7 Å². The van der Waals surface area contributed by atoms with E-state index in [0.29, 0.717) is 37.8 Å². The zero-order valence-corrected chi connectivity index (χ0v) is 16.3. The Kier molecular flexibility index (Phi) is 9.83. The van der Waals surface area contributed by atoms with Gasteiger partial charge in [-0.3, -0.25) is 4.99 Å². The molecule has 2 rings (SSSR count). The first-order valence-corrected chi connectivity index (χ1v) is 7.74. The first-order valence-electron chi connectivity index (χ1n) is 7.74. The van der Waals surface area contributed by atoms with E-state index in [1.807, 2.05) is 6.07 Å². The standard InChI is InChI=1S/C18H21F2N3O.HI/c1-21-18(22-9-8-14-4-2-5-15(19)12-14)23-10-11-24-17-7-3-6-16(20)13-17;/h2-7,12-13H,8-11H2,1H3,(H2,21,22,23);1H. The number of halogens is 3. The highest BCUT2D eigenvalue weighted by Gasteiger charge is 2.00. The van der Waals surface area contributed by atoms with Crippen LogP contribution in [0.2, 0.25) is 0 Å². The summed E-state index contributed by atoms with van der Waals surface area (Å²) in [6, 6.07) is 12.5. The lowest BCUT2D eigenvalue weighted by molar-refractivity contribution is 0.320. The SMILES string of the molecule is CN=C(NCCOc1cccc(F)c1)NCCc1cccc(F)c1.I. The van der Waals surface area contributed by atoms with E-state index in [4.69, 9.17) is 4.74 Å². The molecule has 2 aromatic rings. The molecule has 2 N–H and O–H groups in total. The Morgan fingerprint density at radius 3 is 2.36 bits per heavy atom. The largest absolute Gasteiger partial charge is 0.492 e. The second-order valence-electron chi connectivity index (χ2n) is 5.11. The van der Waals surface area contributed by atoms with Gasteiger partial charge in [-0.1, -0.05) is 18.2 Å². The van der Waals surface area contributed by atoms with Gasteiger partial charge in [0.15, 0.2) is 5.96 Å². The van der Waals surface area contributed by atoms with Crippen molar-refractivity contribution in [2.24, 2.45) is 4.99 Å². The summed E-state index contributed by atoms with van der Waals surface area (Å²) in [5.41, 5.74) is 0.924. The number of benzene rings is 2. The van der Waals surface area contributed by atoms with Crippen LogP contribution in [-0.2, 0) is 6.42 Å². The van der Waals surface area contributed by atoms with E-state index in [-0.39, 0.29) is 35.6 Å². The maximum atomic E-state index is 13.1. The smallest absolute Gasteiger partial charge is 0.191 e. The van der Waals surface area contributed by atoms with Crippen LogP contribution in [-0.4, -0.2) is 32.7 Å². The number of aliphatic imine (C=N–C) groups is 1. The molecule has 0 heterocycles. The molecule has 0 aliphatic carbocycles. The lowest BCUT2D eigenvalue weighted by atomic mass is 10.1. The van der Waals surface area contributed by atoms with Crippen molar-refractivity contribution >= 4 is 29.9 Å². The van der Waals surface area contributed by atoms with Gasteiger partial charge in [0.25, 0.3) is 0 Å². The summed E-state index contributed by atoms with van der Waals surface area (Å²) in [4.78, 5) is 4.10. The zero-order chi connectivity index (χ0) is 17.2. The average Bonchev–Trinajstić information content (AvgIpc) is 2.57. The highest BCUT2D eigenvalue weighted by atomic mass is 127. The predicted octanol–water partition coefficient (Wildman–Crippen LogP) is 3.37. The first-order chi connectivity index (χ1) is 11.7. The summed E-state index contributed by atoms with van der Waals surface area (Å²) in [7, 11) is 1.67. The Balaban J connectivity index is 0.00000312. The fraction of sp³-hybridized carbons (Fsp3) is 0.278. The molecule has 2 aromatic carbocycles. The minimum Gasteiger partial charge on any atom is -0.492 e. The van der Waals surface area contributed by atoms with Gasteiger partial charge in [-0.25, -0.2) is 8.78 Å². The Hall–Kier alpha value is -1.90. The predicted molar refractivity (Wildman–Crippen MR) is 107 cm³/mol. The van der Waals surface area contributed by atoms with E-state index < -0.39 is 0 Å². The lowest BCUT2D eigenvalue weighted by Crippen LogP contribution is -2.40. The van der Waals surface area contributed by atoms with Crippen molar-refractivity contribution in [3.8, 4) is 5.75 Å². The maximum Gasteiger partial charge on any atom is 0.191 e. The summed E-state index contributed by atoms with van der Waals surface area (Å²) in [6.07, 6.45) is 0.693. The number of nitrogens with one attached hydrogen (secondary N) is 2. The van der Waals surface area contributed by atoms with Gasteiger partial charge < -0.3 is 15.4 Å². The fourth-order valence-corrected chi connectivity index (χ4v) is 2.13. The van der Waals surface area contributed by atoms with E-state index in [2.05, 4.69) is 15.6 Å². The molecular weight excluding hydrogens is 439 g/mol. The Labute approximate surface area is 163 Å². The Morgan fingerprint density at radius 1 is 1.00 bits per heavy atom. The highest BCUT2D eigenvalue weighted by molar-refractivity contribution is 14.0. The minimum absolute atomic E-state index is 0. The molecule has 0 saturated heterocycles. The number of ether oxygens (including phenoxy) is 1. The van der Waals surface area contributed by atoms with Gasteiger partial charge in [-0.15, -0.1) is 24.0 Å². The summed E-state index contributed by atoms with van der Waals surface area (Å²) in [6.45, 7) is 1.54. The summed E-state index contributed by atoms with van der Waals surface area (Å²) in [5, 5.41) is 6.24. The lowest BCUT2D eigenvalue weighted by Gasteiger charge is -2.12. The van der Waals surface area contributed by atoms with E-state index in [9.17, 15) is 8.78 Å². The Bertz CT molecular complexity index is 683. The molecule has 0 aromatic heterocycles. The van der Waals surface area contributed by atoms with Crippen LogP contribution in [0.15, 0.2) is 53.5 Å². The molecule has 0 aliphatic heterocycles. The van der Waals surface area contributed by atoms with Crippen LogP contribution in [0.25, 0.3) is 0 Å². The first kappa shape index (κ1) is 21.1. The van der Waals surface area contributed by atoms with Gasteiger partial charge in [0.2, 0.25) is 0 Å².